The summed E-state index contributed by atoms with van der Waals surface area (Å²) in [5.74, 6) is 0.0150. The van der Waals surface area contributed by atoms with E-state index >= 15 is 0 Å². The van der Waals surface area contributed by atoms with E-state index in [4.69, 9.17) is 4.98 Å². The van der Waals surface area contributed by atoms with Crippen molar-refractivity contribution in [2.75, 3.05) is 0 Å². The Kier molecular flexibility index (Phi) is 6.76. The molecule has 1 fully saturated rings. The van der Waals surface area contributed by atoms with Crippen LogP contribution in [0.5, 0.6) is 0 Å². The van der Waals surface area contributed by atoms with Gasteiger partial charge in [0.15, 0.2) is 5.16 Å². The number of carbonyl (C=O) groups is 1. The van der Waals surface area contributed by atoms with Gasteiger partial charge in [0.1, 0.15) is 0 Å². The number of rotatable bonds is 6. The second-order valence-corrected chi connectivity index (χ2v) is 9.70. The van der Waals surface area contributed by atoms with E-state index in [1.807, 2.05) is 62.4 Å². The van der Waals surface area contributed by atoms with Crippen LogP contribution in [0.2, 0.25) is 0 Å². The predicted octanol–water partition coefficient (Wildman–Crippen LogP) is 4.68. The number of hydrogen-bond acceptors (Lipinski definition) is 4. The van der Waals surface area contributed by atoms with Crippen molar-refractivity contribution >= 4 is 28.6 Å². The summed E-state index contributed by atoms with van der Waals surface area (Å²) in [4.78, 5) is 30.9. The first-order chi connectivity index (χ1) is 15.0. The molecule has 3 aromatic rings. The van der Waals surface area contributed by atoms with E-state index < -0.39 is 0 Å². The van der Waals surface area contributed by atoms with Gasteiger partial charge in [-0.3, -0.25) is 14.2 Å². The molecule has 1 saturated carbocycles. The summed E-state index contributed by atoms with van der Waals surface area (Å²) in [7, 11) is 0. The van der Waals surface area contributed by atoms with Crippen LogP contribution in [-0.4, -0.2) is 26.8 Å². The molecule has 1 unspecified atom stereocenters. The number of aryl methyl sites for hydroxylation is 1. The van der Waals surface area contributed by atoms with E-state index in [9.17, 15) is 9.59 Å². The first-order valence-corrected chi connectivity index (χ1v) is 11.9. The van der Waals surface area contributed by atoms with Crippen LogP contribution in [0.4, 0.5) is 0 Å². The van der Waals surface area contributed by atoms with Crippen molar-refractivity contribution in [3.63, 3.8) is 0 Å². The molecule has 1 aliphatic carbocycles. The second kappa shape index (κ2) is 9.69. The highest BCUT2D eigenvalue weighted by molar-refractivity contribution is 8.00. The van der Waals surface area contributed by atoms with Crippen LogP contribution in [0.25, 0.3) is 10.9 Å². The van der Waals surface area contributed by atoms with E-state index in [2.05, 4.69) is 5.32 Å². The minimum absolute atomic E-state index is 0.0150. The zero-order chi connectivity index (χ0) is 21.8. The van der Waals surface area contributed by atoms with Crippen LogP contribution >= 0.6 is 11.8 Å². The number of carbonyl (C=O) groups excluding carboxylic acids is 1. The van der Waals surface area contributed by atoms with Crippen LogP contribution in [0.1, 0.15) is 50.2 Å². The third kappa shape index (κ3) is 5.18. The maximum absolute atomic E-state index is 13.3. The summed E-state index contributed by atoms with van der Waals surface area (Å²) in [6.45, 7) is 4.36. The third-order valence-corrected chi connectivity index (χ3v) is 6.98. The number of para-hydroxylation sites is 1. The molecule has 31 heavy (non-hydrogen) atoms. The topological polar surface area (TPSA) is 64.0 Å². The molecule has 1 heterocycles. The maximum Gasteiger partial charge on any atom is 0.262 e. The van der Waals surface area contributed by atoms with Crippen LogP contribution in [0.15, 0.2) is 58.5 Å². The van der Waals surface area contributed by atoms with Crippen molar-refractivity contribution in [3.8, 4) is 0 Å². The van der Waals surface area contributed by atoms with Crippen LogP contribution in [-0.2, 0) is 11.3 Å². The molecule has 2 aromatic carbocycles. The van der Waals surface area contributed by atoms with E-state index in [-0.39, 0.29) is 22.8 Å². The SMILES string of the molecule is Cc1ccc(Cn2c(SC(C)C(=O)NC3CCCCC3)nc3ccccc3c2=O)cc1. The Morgan fingerprint density at radius 2 is 1.84 bits per heavy atom. The highest BCUT2D eigenvalue weighted by Crippen LogP contribution is 2.25. The Bertz CT molecular complexity index is 1120. The van der Waals surface area contributed by atoms with Crippen molar-refractivity contribution < 1.29 is 4.79 Å². The van der Waals surface area contributed by atoms with Crippen LogP contribution in [0.3, 0.4) is 0 Å². The number of benzene rings is 2. The van der Waals surface area contributed by atoms with Gasteiger partial charge in [0.2, 0.25) is 5.91 Å². The van der Waals surface area contributed by atoms with Gasteiger partial charge in [-0.2, -0.15) is 0 Å². The van der Waals surface area contributed by atoms with Gasteiger partial charge >= 0.3 is 0 Å². The summed E-state index contributed by atoms with van der Waals surface area (Å²) in [6.07, 6.45) is 5.71. The monoisotopic (exact) mass is 435 g/mol. The van der Waals surface area contributed by atoms with Crippen molar-refractivity contribution in [3.05, 3.63) is 70.0 Å². The van der Waals surface area contributed by atoms with Gasteiger partial charge in [-0.05, 0) is 44.4 Å². The molecular formula is C25H29N3O2S. The summed E-state index contributed by atoms with van der Waals surface area (Å²) in [6, 6.07) is 15.8. The molecule has 1 aliphatic rings. The minimum Gasteiger partial charge on any atom is -0.352 e. The fraction of sp³-hybridized carbons (Fsp3) is 0.400. The molecule has 1 atom stereocenters. The lowest BCUT2D eigenvalue weighted by molar-refractivity contribution is -0.121. The van der Waals surface area contributed by atoms with Gasteiger partial charge in [-0.1, -0.05) is 73.0 Å². The van der Waals surface area contributed by atoms with Gasteiger partial charge in [-0.25, -0.2) is 4.98 Å². The van der Waals surface area contributed by atoms with Crippen molar-refractivity contribution in [1.29, 1.82) is 0 Å². The molecule has 1 N–H and O–H groups in total. The lowest BCUT2D eigenvalue weighted by atomic mass is 9.95. The van der Waals surface area contributed by atoms with Crippen molar-refractivity contribution in [2.45, 2.75) is 68.9 Å². The van der Waals surface area contributed by atoms with Gasteiger partial charge in [-0.15, -0.1) is 0 Å². The number of fused-ring (bicyclic) bond motifs is 1. The minimum atomic E-state index is -0.334. The summed E-state index contributed by atoms with van der Waals surface area (Å²) in [5, 5.41) is 4.03. The molecule has 0 saturated heterocycles. The molecule has 5 nitrogen and oxygen atoms in total. The van der Waals surface area contributed by atoms with Gasteiger partial charge in [0.25, 0.3) is 5.56 Å². The quantitative estimate of drug-likeness (QED) is 0.451. The van der Waals surface area contributed by atoms with E-state index in [0.29, 0.717) is 22.6 Å². The Balaban J connectivity index is 1.62. The Hall–Kier alpha value is -2.60. The number of thioether (sulfide) groups is 1. The molecular weight excluding hydrogens is 406 g/mol. The highest BCUT2D eigenvalue weighted by atomic mass is 32.2. The molecule has 162 valence electrons. The number of nitrogens with one attached hydrogen (secondary N) is 1. The number of amides is 1. The predicted molar refractivity (Wildman–Crippen MR) is 127 cm³/mol. The highest BCUT2D eigenvalue weighted by Gasteiger charge is 2.23. The van der Waals surface area contributed by atoms with Gasteiger partial charge in [0.05, 0.1) is 22.7 Å². The number of aromatic nitrogens is 2. The largest absolute Gasteiger partial charge is 0.352 e. The smallest absolute Gasteiger partial charge is 0.262 e. The van der Waals surface area contributed by atoms with Gasteiger partial charge < -0.3 is 5.32 Å². The molecule has 4 rings (SSSR count). The molecule has 0 bridgehead atoms. The summed E-state index contributed by atoms with van der Waals surface area (Å²) >= 11 is 1.36. The van der Waals surface area contributed by atoms with E-state index in [1.165, 1.54) is 36.6 Å². The standard InChI is InChI=1S/C25H29N3O2S/c1-17-12-14-19(15-13-17)16-28-24(30)21-10-6-7-11-22(21)27-25(28)31-18(2)23(29)26-20-8-4-3-5-9-20/h6-7,10-15,18,20H,3-5,8-9,16H2,1-2H3,(H,26,29). The Morgan fingerprint density at radius 3 is 2.58 bits per heavy atom. The van der Waals surface area contributed by atoms with E-state index in [1.54, 1.807) is 4.57 Å². The van der Waals surface area contributed by atoms with Crippen LogP contribution < -0.4 is 10.9 Å². The molecule has 0 radical (unpaired) electrons. The lowest BCUT2D eigenvalue weighted by Gasteiger charge is -2.24. The fourth-order valence-electron chi connectivity index (χ4n) is 4.03. The molecule has 1 aromatic heterocycles. The molecule has 6 heteroatoms. The molecule has 0 spiro atoms. The Labute approximate surface area is 187 Å². The average molecular weight is 436 g/mol. The van der Waals surface area contributed by atoms with E-state index in [0.717, 1.165) is 18.4 Å². The maximum atomic E-state index is 13.3. The van der Waals surface area contributed by atoms with Crippen LogP contribution in [0, 0.1) is 6.92 Å². The summed E-state index contributed by atoms with van der Waals surface area (Å²) < 4.78 is 1.70. The Morgan fingerprint density at radius 1 is 1.13 bits per heavy atom. The molecule has 0 aliphatic heterocycles. The number of nitrogens with zero attached hydrogens (tertiary/aromatic N) is 2. The lowest BCUT2D eigenvalue weighted by Crippen LogP contribution is -2.40. The third-order valence-electron chi connectivity index (χ3n) is 5.89. The second-order valence-electron chi connectivity index (χ2n) is 8.39. The first-order valence-electron chi connectivity index (χ1n) is 11.0. The zero-order valence-corrected chi connectivity index (χ0v) is 19.0. The van der Waals surface area contributed by atoms with Gasteiger partial charge in [0, 0.05) is 6.04 Å². The summed E-state index contributed by atoms with van der Waals surface area (Å²) in [5.41, 5.74) is 2.80. The number of hydrogen-bond donors (Lipinski definition) is 1. The van der Waals surface area contributed by atoms with Crippen molar-refractivity contribution in [1.82, 2.24) is 14.9 Å². The molecule has 1 amide bonds. The average Bonchev–Trinajstić information content (AvgIpc) is 2.78. The normalized spacial score (nSPS) is 15.7. The first kappa shape index (κ1) is 21.6. The fourth-order valence-corrected chi connectivity index (χ4v) is 4.95. The van der Waals surface area contributed by atoms with Crippen molar-refractivity contribution in [2.24, 2.45) is 0 Å². The zero-order valence-electron chi connectivity index (χ0n) is 18.1.